The van der Waals surface area contributed by atoms with Gasteiger partial charge in [0.15, 0.2) is 6.61 Å². The second-order valence-corrected chi connectivity index (χ2v) is 6.48. The summed E-state index contributed by atoms with van der Waals surface area (Å²) < 4.78 is 5.65. The number of carbonyl (C=O) groups is 1. The summed E-state index contributed by atoms with van der Waals surface area (Å²) in [6, 6.07) is 25.7. The Labute approximate surface area is 163 Å². The van der Waals surface area contributed by atoms with Gasteiger partial charge in [0.25, 0.3) is 5.91 Å². The first-order valence-corrected chi connectivity index (χ1v) is 9.26. The SMILES string of the molecule is O=C(COc1cccc(-c2ccccc2)c1)NCCc1nc2ccccc2[nH]1. The van der Waals surface area contributed by atoms with Crippen molar-refractivity contribution in [3.05, 3.63) is 84.7 Å². The first-order chi connectivity index (χ1) is 13.8. The second-order valence-electron chi connectivity index (χ2n) is 6.48. The van der Waals surface area contributed by atoms with Crippen LogP contribution in [0.4, 0.5) is 0 Å². The van der Waals surface area contributed by atoms with E-state index in [1.54, 1.807) is 0 Å². The van der Waals surface area contributed by atoms with E-state index < -0.39 is 0 Å². The largest absolute Gasteiger partial charge is 0.484 e. The Morgan fingerprint density at radius 2 is 1.71 bits per heavy atom. The zero-order chi connectivity index (χ0) is 19.2. The maximum absolute atomic E-state index is 12.1. The topological polar surface area (TPSA) is 67.0 Å². The van der Waals surface area contributed by atoms with E-state index in [9.17, 15) is 4.79 Å². The van der Waals surface area contributed by atoms with Gasteiger partial charge in [-0.3, -0.25) is 4.79 Å². The third-order valence-electron chi connectivity index (χ3n) is 4.43. The Morgan fingerprint density at radius 1 is 0.929 bits per heavy atom. The van der Waals surface area contributed by atoms with Crippen LogP contribution in [0.1, 0.15) is 5.82 Å². The molecule has 0 radical (unpaired) electrons. The molecule has 0 fully saturated rings. The monoisotopic (exact) mass is 371 g/mol. The van der Waals surface area contributed by atoms with Gasteiger partial charge in [-0.1, -0.05) is 54.6 Å². The van der Waals surface area contributed by atoms with Crippen molar-refractivity contribution >= 4 is 16.9 Å². The average Bonchev–Trinajstić information content (AvgIpc) is 3.16. The second kappa shape index (κ2) is 8.39. The van der Waals surface area contributed by atoms with Gasteiger partial charge in [-0.05, 0) is 35.4 Å². The fourth-order valence-electron chi connectivity index (χ4n) is 3.04. The number of carbonyl (C=O) groups excluding carboxylic acids is 1. The molecule has 4 rings (SSSR count). The average molecular weight is 371 g/mol. The molecule has 1 amide bonds. The number of amides is 1. The lowest BCUT2D eigenvalue weighted by Gasteiger charge is -2.09. The van der Waals surface area contributed by atoms with E-state index in [4.69, 9.17) is 4.74 Å². The molecule has 1 aromatic heterocycles. The molecule has 5 nitrogen and oxygen atoms in total. The molecule has 0 atom stereocenters. The number of hydrogen-bond acceptors (Lipinski definition) is 3. The molecular weight excluding hydrogens is 350 g/mol. The molecular formula is C23H21N3O2. The van der Waals surface area contributed by atoms with Crippen molar-refractivity contribution in [1.82, 2.24) is 15.3 Å². The van der Waals surface area contributed by atoms with Crippen molar-refractivity contribution in [2.45, 2.75) is 6.42 Å². The summed E-state index contributed by atoms with van der Waals surface area (Å²) in [5.74, 6) is 1.38. The highest BCUT2D eigenvalue weighted by molar-refractivity contribution is 5.77. The Balaban J connectivity index is 1.26. The highest BCUT2D eigenvalue weighted by atomic mass is 16.5. The maximum Gasteiger partial charge on any atom is 0.257 e. The number of imidazole rings is 1. The Bertz CT molecular complexity index is 1040. The summed E-state index contributed by atoms with van der Waals surface area (Å²) >= 11 is 0. The van der Waals surface area contributed by atoms with Crippen LogP contribution in [0.25, 0.3) is 22.2 Å². The van der Waals surface area contributed by atoms with E-state index in [-0.39, 0.29) is 12.5 Å². The fraction of sp³-hybridized carbons (Fsp3) is 0.130. The Hall–Kier alpha value is -3.60. The van der Waals surface area contributed by atoms with Crippen LogP contribution in [0.15, 0.2) is 78.9 Å². The van der Waals surface area contributed by atoms with Gasteiger partial charge in [0.2, 0.25) is 0 Å². The number of ether oxygens (including phenoxy) is 1. The van der Waals surface area contributed by atoms with Gasteiger partial charge < -0.3 is 15.0 Å². The standard InChI is InChI=1S/C23H21N3O2/c27-23(24-14-13-22-25-20-11-4-5-12-21(20)26-22)16-28-19-10-6-9-18(15-19)17-7-2-1-3-8-17/h1-12,15H,13-14,16H2,(H,24,27)(H,25,26). The number of aromatic amines is 1. The lowest BCUT2D eigenvalue weighted by Crippen LogP contribution is -2.30. The van der Waals surface area contributed by atoms with Crippen LogP contribution in [-0.2, 0) is 11.2 Å². The van der Waals surface area contributed by atoms with E-state index >= 15 is 0 Å². The number of fused-ring (bicyclic) bond motifs is 1. The van der Waals surface area contributed by atoms with Gasteiger partial charge in [0, 0.05) is 13.0 Å². The summed E-state index contributed by atoms with van der Waals surface area (Å²) in [6.45, 7) is 0.491. The van der Waals surface area contributed by atoms with Crippen molar-refractivity contribution in [3.63, 3.8) is 0 Å². The minimum absolute atomic E-state index is 0.0155. The van der Waals surface area contributed by atoms with Gasteiger partial charge >= 0.3 is 0 Å². The van der Waals surface area contributed by atoms with Crippen LogP contribution in [0, 0.1) is 0 Å². The van der Waals surface area contributed by atoms with E-state index in [2.05, 4.69) is 15.3 Å². The normalized spacial score (nSPS) is 10.7. The molecule has 0 aliphatic heterocycles. The van der Waals surface area contributed by atoms with Crippen molar-refractivity contribution in [3.8, 4) is 16.9 Å². The summed E-state index contributed by atoms with van der Waals surface area (Å²) in [5, 5.41) is 2.87. The van der Waals surface area contributed by atoms with Crippen molar-refractivity contribution in [2.75, 3.05) is 13.2 Å². The molecule has 0 bridgehead atoms. The zero-order valence-corrected chi connectivity index (χ0v) is 15.4. The minimum Gasteiger partial charge on any atom is -0.484 e. The van der Waals surface area contributed by atoms with E-state index in [0.29, 0.717) is 18.7 Å². The molecule has 28 heavy (non-hydrogen) atoms. The molecule has 2 N–H and O–H groups in total. The molecule has 0 aliphatic rings. The molecule has 0 spiro atoms. The van der Waals surface area contributed by atoms with Crippen LogP contribution in [0.5, 0.6) is 5.75 Å². The third-order valence-corrected chi connectivity index (χ3v) is 4.43. The number of hydrogen-bond donors (Lipinski definition) is 2. The number of benzene rings is 3. The van der Waals surface area contributed by atoms with Gasteiger partial charge in [-0.2, -0.15) is 0 Å². The van der Waals surface area contributed by atoms with Gasteiger partial charge in [-0.15, -0.1) is 0 Å². The highest BCUT2D eigenvalue weighted by Gasteiger charge is 2.06. The van der Waals surface area contributed by atoms with Crippen LogP contribution in [0.2, 0.25) is 0 Å². The number of rotatable bonds is 7. The van der Waals surface area contributed by atoms with Crippen molar-refractivity contribution in [2.24, 2.45) is 0 Å². The number of H-pyrrole nitrogens is 1. The first kappa shape index (κ1) is 17.8. The number of nitrogens with one attached hydrogen (secondary N) is 2. The maximum atomic E-state index is 12.1. The molecule has 0 saturated heterocycles. The first-order valence-electron chi connectivity index (χ1n) is 9.26. The summed E-state index contributed by atoms with van der Waals surface area (Å²) in [6.07, 6.45) is 0.643. The van der Waals surface area contributed by atoms with Crippen LogP contribution in [0.3, 0.4) is 0 Å². The van der Waals surface area contributed by atoms with Crippen LogP contribution < -0.4 is 10.1 Å². The lowest BCUT2D eigenvalue weighted by atomic mass is 10.1. The molecule has 0 aliphatic carbocycles. The quantitative estimate of drug-likeness (QED) is 0.517. The van der Waals surface area contributed by atoms with E-state index in [1.165, 1.54) is 0 Å². The highest BCUT2D eigenvalue weighted by Crippen LogP contribution is 2.23. The Kier molecular flexibility index (Phi) is 5.33. The molecule has 0 saturated carbocycles. The molecule has 140 valence electrons. The summed E-state index contributed by atoms with van der Waals surface area (Å²) in [4.78, 5) is 19.8. The van der Waals surface area contributed by atoms with Gasteiger partial charge in [0.05, 0.1) is 11.0 Å². The molecule has 0 unspecified atom stereocenters. The Morgan fingerprint density at radius 3 is 2.57 bits per heavy atom. The minimum atomic E-state index is -0.152. The number of aromatic nitrogens is 2. The molecule has 5 heteroatoms. The van der Waals surface area contributed by atoms with Crippen LogP contribution >= 0.6 is 0 Å². The van der Waals surface area contributed by atoms with E-state index in [0.717, 1.165) is 28.0 Å². The van der Waals surface area contributed by atoms with Gasteiger partial charge in [-0.25, -0.2) is 4.98 Å². The molecule has 1 heterocycles. The molecule has 3 aromatic carbocycles. The summed E-state index contributed by atoms with van der Waals surface area (Å²) in [7, 11) is 0. The zero-order valence-electron chi connectivity index (χ0n) is 15.4. The van der Waals surface area contributed by atoms with Crippen molar-refractivity contribution < 1.29 is 9.53 Å². The van der Waals surface area contributed by atoms with Crippen molar-refractivity contribution in [1.29, 1.82) is 0 Å². The number of nitrogens with zero attached hydrogens (tertiary/aromatic N) is 1. The van der Waals surface area contributed by atoms with Gasteiger partial charge in [0.1, 0.15) is 11.6 Å². The predicted octanol–water partition coefficient (Wildman–Crippen LogP) is 3.97. The predicted molar refractivity (Wildman–Crippen MR) is 110 cm³/mol. The summed E-state index contributed by atoms with van der Waals surface area (Å²) in [5.41, 5.74) is 4.11. The molecule has 4 aromatic rings. The lowest BCUT2D eigenvalue weighted by molar-refractivity contribution is -0.123. The third kappa shape index (κ3) is 4.38. The van der Waals surface area contributed by atoms with E-state index in [1.807, 2.05) is 78.9 Å². The smallest absolute Gasteiger partial charge is 0.257 e. The number of para-hydroxylation sites is 2. The fourth-order valence-corrected chi connectivity index (χ4v) is 3.04. The van der Waals surface area contributed by atoms with Crippen LogP contribution in [-0.4, -0.2) is 29.0 Å².